The molecule has 1 heterocycles. The van der Waals surface area contributed by atoms with Crippen molar-refractivity contribution in [3.8, 4) is 0 Å². The number of carbonyl (C=O) groups is 1. The summed E-state index contributed by atoms with van der Waals surface area (Å²) in [5, 5.41) is 0.207. The number of rotatable bonds is 2. The van der Waals surface area contributed by atoms with Gasteiger partial charge >= 0.3 is 0 Å². The monoisotopic (exact) mass is 208 g/mol. The van der Waals surface area contributed by atoms with Crippen LogP contribution in [0.1, 0.15) is 21.5 Å². The molecule has 0 spiro atoms. The Morgan fingerprint density at radius 1 is 1.73 bits per heavy atom. The van der Waals surface area contributed by atoms with Gasteiger partial charge in [-0.2, -0.15) is 0 Å². The highest BCUT2D eigenvalue weighted by molar-refractivity contribution is 7.16. The first kappa shape index (κ1) is 9.04. The molecule has 0 saturated heterocycles. The Kier molecular flexibility index (Phi) is 2.93. The van der Waals surface area contributed by atoms with Gasteiger partial charge in [-0.05, 0) is 24.1 Å². The summed E-state index contributed by atoms with van der Waals surface area (Å²) in [5.74, 6) is 0. The third-order valence-electron chi connectivity index (χ3n) is 1.27. The van der Waals surface area contributed by atoms with E-state index in [2.05, 4.69) is 0 Å². The summed E-state index contributed by atoms with van der Waals surface area (Å²) in [5.41, 5.74) is 0. The molecule has 0 amide bonds. The number of halogens is 2. The topological polar surface area (TPSA) is 17.1 Å². The van der Waals surface area contributed by atoms with E-state index < -0.39 is 5.24 Å². The zero-order chi connectivity index (χ0) is 8.43. The van der Waals surface area contributed by atoms with Gasteiger partial charge in [0.25, 0.3) is 5.24 Å². The van der Waals surface area contributed by atoms with Crippen LogP contribution in [0.4, 0.5) is 0 Å². The van der Waals surface area contributed by atoms with Gasteiger partial charge in [0.1, 0.15) is 0 Å². The number of hydrogen-bond acceptors (Lipinski definition) is 2. The molecule has 0 aromatic carbocycles. The summed E-state index contributed by atoms with van der Waals surface area (Å²) in [6.45, 7) is 1.99. The van der Waals surface area contributed by atoms with E-state index in [4.69, 9.17) is 23.2 Å². The molecule has 0 bridgehead atoms. The van der Waals surface area contributed by atoms with E-state index in [1.165, 1.54) is 11.3 Å². The fourth-order valence-electron chi connectivity index (χ4n) is 0.744. The van der Waals surface area contributed by atoms with Gasteiger partial charge < -0.3 is 0 Å². The van der Waals surface area contributed by atoms with Crippen LogP contribution < -0.4 is 0 Å². The van der Waals surface area contributed by atoms with Crippen LogP contribution in [0.2, 0.25) is 5.02 Å². The summed E-state index contributed by atoms with van der Waals surface area (Å²) in [4.78, 5) is 12.2. The number of thiophene rings is 1. The second kappa shape index (κ2) is 3.57. The summed E-state index contributed by atoms with van der Waals surface area (Å²) >= 11 is 12.4. The fraction of sp³-hybridized carbons (Fsp3) is 0.286. The maximum Gasteiger partial charge on any atom is 0.262 e. The first-order valence-corrected chi connectivity index (χ1v) is 4.70. The summed E-state index contributed by atoms with van der Waals surface area (Å²) in [6, 6.07) is 1.61. The van der Waals surface area contributed by atoms with E-state index in [9.17, 15) is 4.79 Å². The molecule has 0 fully saturated rings. The highest BCUT2D eigenvalue weighted by atomic mass is 35.5. The Bertz CT molecular complexity index is 280. The molecule has 0 aliphatic heterocycles. The lowest BCUT2D eigenvalue weighted by Gasteiger charge is -1.85. The third-order valence-corrected chi connectivity index (χ3v) is 3.32. The maximum absolute atomic E-state index is 10.6. The third kappa shape index (κ3) is 1.95. The first-order chi connectivity index (χ1) is 5.15. The molecule has 1 rings (SSSR count). The van der Waals surface area contributed by atoms with Gasteiger partial charge in [0.15, 0.2) is 0 Å². The van der Waals surface area contributed by atoms with Gasteiger partial charge in [-0.25, -0.2) is 0 Å². The summed E-state index contributed by atoms with van der Waals surface area (Å²) in [6.07, 6.45) is 0.841. The van der Waals surface area contributed by atoms with Crippen LogP contribution in [-0.2, 0) is 6.42 Å². The highest BCUT2D eigenvalue weighted by Gasteiger charge is 2.09. The smallest absolute Gasteiger partial charge is 0.262 e. The fourth-order valence-corrected chi connectivity index (χ4v) is 2.16. The molecule has 1 nitrogen and oxygen atoms in total. The van der Waals surface area contributed by atoms with Crippen LogP contribution in [-0.4, -0.2) is 5.24 Å². The molecule has 0 aliphatic carbocycles. The van der Waals surface area contributed by atoms with E-state index >= 15 is 0 Å². The van der Waals surface area contributed by atoms with Crippen molar-refractivity contribution >= 4 is 39.8 Å². The predicted molar refractivity (Wildman–Crippen MR) is 48.9 cm³/mol. The number of hydrogen-bond donors (Lipinski definition) is 0. The quantitative estimate of drug-likeness (QED) is 0.682. The van der Waals surface area contributed by atoms with Gasteiger partial charge in [0, 0.05) is 4.88 Å². The lowest BCUT2D eigenvalue weighted by molar-refractivity contribution is 0.108. The van der Waals surface area contributed by atoms with E-state index in [1.54, 1.807) is 6.07 Å². The minimum atomic E-state index is -0.434. The Hall–Kier alpha value is -0.0500. The SMILES string of the molecule is CCc1sc(C(=O)Cl)cc1Cl. The summed E-state index contributed by atoms with van der Waals surface area (Å²) < 4.78 is 0. The van der Waals surface area contributed by atoms with Crippen molar-refractivity contribution in [1.82, 2.24) is 0 Å². The first-order valence-electron chi connectivity index (χ1n) is 3.13. The largest absolute Gasteiger partial charge is 0.275 e. The predicted octanol–water partition coefficient (Wildman–Crippen LogP) is 3.34. The van der Waals surface area contributed by atoms with Crippen molar-refractivity contribution in [2.45, 2.75) is 13.3 Å². The highest BCUT2D eigenvalue weighted by Crippen LogP contribution is 2.28. The van der Waals surface area contributed by atoms with Gasteiger partial charge in [-0.15, -0.1) is 11.3 Å². The Labute approximate surface area is 78.9 Å². The Balaban J connectivity index is 3.05. The molecule has 0 radical (unpaired) electrons. The molecule has 0 atom stereocenters. The molecule has 0 saturated carbocycles. The average Bonchev–Trinajstić information content (AvgIpc) is 2.31. The molecule has 0 N–H and O–H groups in total. The second-order valence-electron chi connectivity index (χ2n) is 2.01. The van der Waals surface area contributed by atoms with E-state index in [1.807, 2.05) is 6.92 Å². The molecule has 11 heavy (non-hydrogen) atoms. The molecule has 1 aromatic heterocycles. The van der Waals surface area contributed by atoms with E-state index in [0.29, 0.717) is 9.90 Å². The second-order valence-corrected chi connectivity index (χ2v) is 3.90. The molecule has 1 aromatic rings. The van der Waals surface area contributed by atoms with Crippen molar-refractivity contribution in [3.05, 3.63) is 20.8 Å². The van der Waals surface area contributed by atoms with Crippen LogP contribution in [0.5, 0.6) is 0 Å². The lowest BCUT2D eigenvalue weighted by atomic mass is 10.4. The molecule has 4 heteroatoms. The molecule has 0 aliphatic rings. The lowest BCUT2D eigenvalue weighted by Crippen LogP contribution is -1.78. The Morgan fingerprint density at radius 3 is 2.64 bits per heavy atom. The average molecular weight is 209 g/mol. The summed E-state index contributed by atoms with van der Waals surface area (Å²) in [7, 11) is 0. The standard InChI is InChI=1S/C7H6Cl2OS/c1-2-5-4(8)3-6(11-5)7(9)10/h3H,2H2,1H3. The van der Waals surface area contributed by atoms with E-state index in [0.717, 1.165) is 11.3 Å². The zero-order valence-corrected chi connectivity index (χ0v) is 8.19. The number of carbonyl (C=O) groups excluding carboxylic acids is 1. The van der Waals surface area contributed by atoms with Gasteiger partial charge in [0.05, 0.1) is 9.90 Å². The maximum atomic E-state index is 10.6. The zero-order valence-electron chi connectivity index (χ0n) is 5.86. The van der Waals surface area contributed by atoms with Gasteiger partial charge in [-0.1, -0.05) is 18.5 Å². The minimum Gasteiger partial charge on any atom is -0.275 e. The number of aryl methyl sites for hydroxylation is 1. The van der Waals surface area contributed by atoms with E-state index in [-0.39, 0.29) is 0 Å². The minimum absolute atomic E-state index is 0.434. The van der Waals surface area contributed by atoms with Crippen molar-refractivity contribution in [1.29, 1.82) is 0 Å². The van der Waals surface area contributed by atoms with Gasteiger partial charge in [-0.3, -0.25) is 4.79 Å². The van der Waals surface area contributed by atoms with Gasteiger partial charge in [0.2, 0.25) is 0 Å². The van der Waals surface area contributed by atoms with Crippen LogP contribution >= 0.6 is 34.5 Å². The molecular weight excluding hydrogens is 203 g/mol. The van der Waals surface area contributed by atoms with Crippen molar-refractivity contribution < 1.29 is 4.79 Å². The van der Waals surface area contributed by atoms with Crippen molar-refractivity contribution in [3.63, 3.8) is 0 Å². The molecular formula is C7H6Cl2OS. The van der Waals surface area contributed by atoms with Crippen LogP contribution in [0.25, 0.3) is 0 Å². The van der Waals surface area contributed by atoms with Crippen molar-refractivity contribution in [2.24, 2.45) is 0 Å². The molecule has 0 unspecified atom stereocenters. The van der Waals surface area contributed by atoms with Crippen LogP contribution in [0.15, 0.2) is 6.07 Å². The Morgan fingerprint density at radius 2 is 2.36 bits per heavy atom. The normalized spacial score (nSPS) is 10.1. The van der Waals surface area contributed by atoms with Crippen LogP contribution in [0.3, 0.4) is 0 Å². The van der Waals surface area contributed by atoms with Crippen molar-refractivity contribution in [2.75, 3.05) is 0 Å². The molecule has 60 valence electrons. The van der Waals surface area contributed by atoms with Crippen LogP contribution in [0, 0.1) is 0 Å².